The number of hydrogen-bond acceptors (Lipinski definition) is 7. The molecule has 2 N–H and O–H groups in total. The van der Waals surface area contributed by atoms with Gasteiger partial charge in [0.1, 0.15) is 0 Å². The van der Waals surface area contributed by atoms with Crippen LogP contribution in [0.2, 0.25) is 0 Å². The van der Waals surface area contributed by atoms with Gasteiger partial charge in [0.05, 0.1) is 12.0 Å². The average Bonchev–Trinajstić information content (AvgIpc) is 3.29. The van der Waals surface area contributed by atoms with Gasteiger partial charge in [0.15, 0.2) is 16.7 Å². The van der Waals surface area contributed by atoms with E-state index in [-0.39, 0.29) is 5.03 Å². The van der Waals surface area contributed by atoms with Gasteiger partial charge < -0.3 is 9.88 Å². The van der Waals surface area contributed by atoms with Crippen molar-refractivity contribution in [3.63, 3.8) is 0 Å². The Morgan fingerprint density at radius 3 is 2.19 bits per heavy atom. The Morgan fingerprint density at radius 1 is 0.935 bits per heavy atom. The summed E-state index contributed by atoms with van der Waals surface area (Å²) in [4.78, 5) is 3.88. The van der Waals surface area contributed by atoms with Crippen molar-refractivity contribution in [2.75, 3.05) is 10.0 Å². The lowest BCUT2D eigenvalue weighted by Gasteiger charge is -2.09. The summed E-state index contributed by atoms with van der Waals surface area (Å²) < 4.78 is 30.6. The van der Waals surface area contributed by atoms with Crippen molar-refractivity contribution in [3.8, 4) is 5.82 Å². The number of rotatable bonds is 6. The number of anilines is 3. The van der Waals surface area contributed by atoms with Crippen LogP contribution in [0.15, 0.2) is 53.9 Å². The lowest BCUT2D eigenvalue weighted by atomic mass is 10.2. The van der Waals surface area contributed by atoms with E-state index in [1.807, 2.05) is 32.9 Å². The molecule has 0 aliphatic carbocycles. The number of aryl methyl sites for hydroxylation is 2. The van der Waals surface area contributed by atoms with E-state index in [9.17, 15) is 8.42 Å². The van der Waals surface area contributed by atoms with E-state index in [4.69, 9.17) is 0 Å². The monoisotopic (exact) mass is 438 g/mol. The molecule has 4 rings (SSSR count). The molecule has 10 nitrogen and oxygen atoms in total. The van der Waals surface area contributed by atoms with Gasteiger partial charge in [-0.05, 0) is 62.7 Å². The maximum Gasteiger partial charge on any atom is 0.280 e. The van der Waals surface area contributed by atoms with Gasteiger partial charge in [-0.25, -0.2) is 9.67 Å². The van der Waals surface area contributed by atoms with Gasteiger partial charge >= 0.3 is 0 Å². The lowest BCUT2D eigenvalue weighted by molar-refractivity contribution is 0.598. The fraction of sp³-hybridized carbons (Fsp3) is 0.200. The molecule has 31 heavy (non-hydrogen) atoms. The van der Waals surface area contributed by atoms with E-state index < -0.39 is 10.0 Å². The molecule has 0 saturated carbocycles. The largest absolute Gasteiger partial charge is 0.339 e. The van der Waals surface area contributed by atoms with Crippen LogP contribution < -0.4 is 10.0 Å². The van der Waals surface area contributed by atoms with Gasteiger partial charge in [-0.15, -0.1) is 10.2 Å². The van der Waals surface area contributed by atoms with Crippen molar-refractivity contribution < 1.29 is 8.42 Å². The number of aromatic nitrogens is 6. The molecule has 11 heteroatoms. The summed E-state index contributed by atoms with van der Waals surface area (Å²) in [5, 5.41) is 16.1. The Labute approximate surface area is 180 Å². The second-order valence-corrected chi connectivity index (χ2v) is 8.80. The zero-order valence-electron chi connectivity index (χ0n) is 17.5. The molecule has 0 bridgehead atoms. The fourth-order valence-corrected chi connectivity index (χ4v) is 4.00. The molecule has 0 aliphatic heterocycles. The third kappa shape index (κ3) is 4.26. The van der Waals surface area contributed by atoms with E-state index in [1.54, 1.807) is 40.6 Å². The maximum atomic E-state index is 12.4. The van der Waals surface area contributed by atoms with Crippen molar-refractivity contribution in [1.82, 2.24) is 29.5 Å². The van der Waals surface area contributed by atoms with Crippen LogP contribution in [0, 0.1) is 20.8 Å². The molecule has 0 atom stereocenters. The number of nitrogens with zero attached hydrogens (tertiary/aromatic N) is 6. The Kier molecular flexibility index (Phi) is 5.19. The highest BCUT2D eigenvalue weighted by Gasteiger charge is 2.17. The maximum absolute atomic E-state index is 12.4. The number of benzene rings is 1. The summed E-state index contributed by atoms with van der Waals surface area (Å²) in [6.45, 7) is 5.98. The second kappa shape index (κ2) is 7.84. The highest BCUT2D eigenvalue weighted by molar-refractivity contribution is 7.92. The minimum absolute atomic E-state index is 0.0367. The first-order chi connectivity index (χ1) is 14.7. The van der Waals surface area contributed by atoms with E-state index in [1.165, 1.54) is 12.5 Å². The molecule has 0 spiro atoms. The summed E-state index contributed by atoms with van der Waals surface area (Å²) in [5.74, 6) is 1.20. The zero-order valence-corrected chi connectivity index (χ0v) is 18.3. The molecule has 0 amide bonds. The molecule has 3 heterocycles. The van der Waals surface area contributed by atoms with Gasteiger partial charge in [0.25, 0.3) is 10.0 Å². The van der Waals surface area contributed by atoms with Crippen LogP contribution in [0.25, 0.3) is 5.82 Å². The van der Waals surface area contributed by atoms with Crippen molar-refractivity contribution >= 4 is 27.2 Å². The third-order valence-electron chi connectivity index (χ3n) is 4.89. The van der Waals surface area contributed by atoms with Crippen LogP contribution in [0.5, 0.6) is 0 Å². The van der Waals surface area contributed by atoms with Crippen molar-refractivity contribution in [3.05, 3.63) is 65.9 Å². The van der Waals surface area contributed by atoms with Crippen LogP contribution in [-0.2, 0) is 17.1 Å². The number of sulfonamides is 1. The number of hydrogen-bond donors (Lipinski definition) is 2. The van der Waals surface area contributed by atoms with Crippen molar-refractivity contribution in [1.29, 1.82) is 0 Å². The van der Waals surface area contributed by atoms with E-state index in [0.717, 1.165) is 22.6 Å². The lowest BCUT2D eigenvalue weighted by Crippen LogP contribution is -2.13. The normalized spacial score (nSPS) is 11.5. The SMILES string of the molecule is Cc1nn(-c2ccc(Nc3ccc(NS(=O)(=O)c4cn(C)cn4)cc3)nn2)c(C)c1C. The van der Waals surface area contributed by atoms with Gasteiger partial charge in [0.2, 0.25) is 0 Å². The van der Waals surface area contributed by atoms with Gasteiger partial charge in [-0.2, -0.15) is 13.5 Å². The first-order valence-corrected chi connectivity index (χ1v) is 11.0. The second-order valence-electron chi connectivity index (χ2n) is 7.17. The van der Waals surface area contributed by atoms with Gasteiger partial charge in [-0.1, -0.05) is 0 Å². The molecule has 0 saturated heterocycles. The molecule has 4 aromatic rings. The summed E-state index contributed by atoms with van der Waals surface area (Å²) in [6, 6.07) is 10.5. The predicted molar refractivity (Wildman–Crippen MR) is 117 cm³/mol. The molecule has 1 aromatic carbocycles. The Hall–Kier alpha value is -3.73. The molecule has 0 fully saturated rings. The molecular weight excluding hydrogens is 416 g/mol. The smallest absolute Gasteiger partial charge is 0.280 e. The third-order valence-corrected chi connectivity index (χ3v) is 6.15. The van der Waals surface area contributed by atoms with Crippen molar-refractivity contribution in [2.45, 2.75) is 25.8 Å². The number of imidazole rings is 1. The number of nitrogens with one attached hydrogen (secondary N) is 2. The van der Waals surface area contributed by atoms with E-state index >= 15 is 0 Å². The highest BCUT2D eigenvalue weighted by atomic mass is 32.2. The Bertz CT molecular complexity index is 1320. The minimum atomic E-state index is -3.73. The fourth-order valence-electron chi connectivity index (χ4n) is 2.95. The van der Waals surface area contributed by atoms with Crippen LogP contribution in [-0.4, -0.2) is 37.9 Å². The standard InChI is InChI=1S/C20H22N8O2S/c1-13-14(2)25-28(15(13)3)19-10-9-18(23-24-19)22-16-5-7-17(8-6-16)26-31(29,30)20-11-27(4)12-21-20/h5-12,26H,1-4H3,(H,22,23). The Morgan fingerprint density at radius 2 is 1.65 bits per heavy atom. The summed E-state index contributed by atoms with van der Waals surface area (Å²) >= 11 is 0. The average molecular weight is 439 g/mol. The summed E-state index contributed by atoms with van der Waals surface area (Å²) in [6.07, 6.45) is 2.87. The molecular formula is C20H22N8O2S. The van der Waals surface area contributed by atoms with Gasteiger partial charge in [0, 0.05) is 30.3 Å². The zero-order chi connectivity index (χ0) is 22.2. The van der Waals surface area contributed by atoms with Crippen LogP contribution in [0.4, 0.5) is 17.2 Å². The first-order valence-electron chi connectivity index (χ1n) is 9.48. The molecule has 0 aliphatic rings. The summed E-state index contributed by atoms with van der Waals surface area (Å²) in [5.41, 5.74) is 4.28. The van der Waals surface area contributed by atoms with E-state index in [2.05, 4.69) is 30.3 Å². The molecule has 160 valence electrons. The van der Waals surface area contributed by atoms with Crippen LogP contribution in [0.3, 0.4) is 0 Å². The summed E-state index contributed by atoms with van der Waals surface area (Å²) in [7, 11) is -2.02. The highest BCUT2D eigenvalue weighted by Crippen LogP contribution is 2.21. The minimum Gasteiger partial charge on any atom is -0.339 e. The molecule has 0 radical (unpaired) electrons. The van der Waals surface area contributed by atoms with E-state index in [0.29, 0.717) is 17.3 Å². The topological polar surface area (TPSA) is 120 Å². The first kappa shape index (κ1) is 20.5. The van der Waals surface area contributed by atoms with Crippen LogP contribution >= 0.6 is 0 Å². The predicted octanol–water partition coefficient (Wildman–Crippen LogP) is 2.87. The Balaban J connectivity index is 1.45. The molecule has 0 unspecified atom stereocenters. The van der Waals surface area contributed by atoms with Crippen LogP contribution in [0.1, 0.15) is 17.0 Å². The van der Waals surface area contributed by atoms with Gasteiger partial charge in [-0.3, -0.25) is 4.72 Å². The quantitative estimate of drug-likeness (QED) is 0.475. The molecule has 3 aromatic heterocycles. The van der Waals surface area contributed by atoms with Crippen molar-refractivity contribution in [2.24, 2.45) is 7.05 Å².